The van der Waals surface area contributed by atoms with Crippen molar-refractivity contribution in [2.24, 2.45) is 0 Å². The molecule has 0 bridgehead atoms. The third-order valence-electron chi connectivity index (χ3n) is 4.95. The summed E-state index contributed by atoms with van der Waals surface area (Å²) >= 11 is 0. The molecule has 2 aromatic carbocycles. The van der Waals surface area contributed by atoms with E-state index >= 15 is 0 Å². The van der Waals surface area contributed by atoms with Gasteiger partial charge in [0.2, 0.25) is 0 Å². The van der Waals surface area contributed by atoms with E-state index in [9.17, 15) is 13.5 Å². The highest BCUT2D eigenvalue weighted by Crippen LogP contribution is 2.24. The van der Waals surface area contributed by atoms with Crippen LogP contribution in [0, 0.1) is 6.92 Å². The van der Waals surface area contributed by atoms with Gasteiger partial charge in [-0.05, 0) is 57.1 Å². The molecular formula is C21H29ClN2O3S. The van der Waals surface area contributed by atoms with Gasteiger partial charge in [0.05, 0.1) is 23.2 Å². The fourth-order valence-electron chi connectivity index (χ4n) is 3.46. The van der Waals surface area contributed by atoms with E-state index in [1.807, 2.05) is 19.1 Å². The van der Waals surface area contributed by atoms with Crippen LogP contribution in [0.25, 0.3) is 0 Å². The number of β-amino-alcohol motifs (C(OH)–C–C–N with tert-alkyl or cyclic N) is 1. The molecule has 0 amide bonds. The monoisotopic (exact) mass is 424 g/mol. The Morgan fingerprint density at radius 2 is 1.61 bits per heavy atom. The molecule has 1 atom stereocenters. The number of hydrogen-bond donors (Lipinski definition) is 1. The first-order valence-electron chi connectivity index (χ1n) is 9.52. The maximum atomic E-state index is 13.2. The average molecular weight is 425 g/mol. The van der Waals surface area contributed by atoms with E-state index < -0.39 is 16.1 Å². The van der Waals surface area contributed by atoms with Crippen molar-refractivity contribution in [3.8, 4) is 0 Å². The van der Waals surface area contributed by atoms with Crippen LogP contribution in [-0.2, 0) is 10.0 Å². The minimum absolute atomic E-state index is 0. The standard InChI is InChI=1S/C21H28N2O3S.ClH/c1-18-10-12-19(13-11-18)23(27(25,26)21-8-4-2-5-9-21)17-20(24)16-22-14-6-3-7-15-22;/h2,4-5,8-13,20,24H,3,6-7,14-17H2,1H3;1H. The molecule has 154 valence electrons. The van der Waals surface area contributed by atoms with Gasteiger partial charge >= 0.3 is 0 Å². The van der Waals surface area contributed by atoms with Gasteiger partial charge in [0.1, 0.15) is 0 Å². The summed E-state index contributed by atoms with van der Waals surface area (Å²) in [6.07, 6.45) is 2.75. The minimum Gasteiger partial charge on any atom is -0.390 e. The van der Waals surface area contributed by atoms with Gasteiger partial charge in [-0.25, -0.2) is 8.42 Å². The maximum Gasteiger partial charge on any atom is 0.264 e. The summed E-state index contributed by atoms with van der Waals surface area (Å²) in [5.74, 6) is 0. The van der Waals surface area contributed by atoms with E-state index in [2.05, 4.69) is 4.90 Å². The zero-order chi connectivity index (χ0) is 19.3. The lowest BCUT2D eigenvalue weighted by Gasteiger charge is -2.31. The van der Waals surface area contributed by atoms with Gasteiger partial charge in [-0.1, -0.05) is 42.3 Å². The van der Waals surface area contributed by atoms with Crippen molar-refractivity contribution in [3.05, 3.63) is 60.2 Å². The first-order valence-corrected chi connectivity index (χ1v) is 11.0. The number of anilines is 1. The summed E-state index contributed by atoms with van der Waals surface area (Å²) in [7, 11) is -3.75. The van der Waals surface area contributed by atoms with Crippen LogP contribution in [-0.4, -0.2) is 50.7 Å². The number of hydrogen-bond acceptors (Lipinski definition) is 4. The van der Waals surface area contributed by atoms with Gasteiger partial charge in [-0.2, -0.15) is 0 Å². The van der Waals surface area contributed by atoms with E-state index in [1.165, 1.54) is 10.7 Å². The fourth-order valence-corrected chi connectivity index (χ4v) is 4.99. The number of likely N-dealkylation sites (tertiary alicyclic amines) is 1. The van der Waals surface area contributed by atoms with Gasteiger partial charge in [-0.3, -0.25) is 4.31 Å². The molecule has 1 aliphatic heterocycles. The normalized spacial score (nSPS) is 16.2. The Kier molecular flexibility index (Phi) is 8.31. The lowest BCUT2D eigenvalue weighted by Crippen LogP contribution is -2.44. The number of benzene rings is 2. The van der Waals surface area contributed by atoms with Crippen molar-refractivity contribution >= 4 is 28.1 Å². The summed E-state index contributed by atoms with van der Waals surface area (Å²) in [6, 6.07) is 15.8. The van der Waals surface area contributed by atoms with Crippen LogP contribution >= 0.6 is 12.4 Å². The van der Waals surface area contributed by atoms with Crippen LogP contribution in [0.4, 0.5) is 5.69 Å². The largest absolute Gasteiger partial charge is 0.390 e. The molecule has 28 heavy (non-hydrogen) atoms. The third kappa shape index (κ3) is 5.70. The molecule has 1 heterocycles. The van der Waals surface area contributed by atoms with Gasteiger partial charge in [-0.15, -0.1) is 12.4 Å². The predicted octanol–water partition coefficient (Wildman–Crippen LogP) is 3.46. The van der Waals surface area contributed by atoms with Crippen molar-refractivity contribution in [1.82, 2.24) is 4.90 Å². The Hall–Kier alpha value is -1.60. The zero-order valence-corrected chi connectivity index (χ0v) is 17.8. The predicted molar refractivity (Wildman–Crippen MR) is 116 cm³/mol. The lowest BCUT2D eigenvalue weighted by atomic mass is 10.1. The summed E-state index contributed by atoms with van der Waals surface area (Å²) in [6.45, 7) is 4.43. The summed E-state index contributed by atoms with van der Waals surface area (Å²) in [4.78, 5) is 2.45. The highest BCUT2D eigenvalue weighted by Gasteiger charge is 2.28. The van der Waals surface area contributed by atoms with Gasteiger partial charge in [0, 0.05) is 6.54 Å². The number of sulfonamides is 1. The second-order valence-electron chi connectivity index (χ2n) is 7.20. The first-order chi connectivity index (χ1) is 13.0. The van der Waals surface area contributed by atoms with E-state index in [4.69, 9.17) is 0 Å². The molecule has 0 aliphatic carbocycles. The number of nitrogens with zero attached hydrogens (tertiary/aromatic N) is 2. The lowest BCUT2D eigenvalue weighted by molar-refractivity contribution is 0.107. The molecule has 3 rings (SSSR count). The smallest absolute Gasteiger partial charge is 0.264 e. The van der Waals surface area contributed by atoms with Gasteiger partial charge in [0.15, 0.2) is 0 Å². The quantitative estimate of drug-likeness (QED) is 0.739. The number of piperidine rings is 1. The Morgan fingerprint density at radius 1 is 1.00 bits per heavy atom. The van der Waals surface area contributed by atoms with Crippen molar-refractivity contribution in [1.29, 1.82) is 0 Å². The summed E-state index contributed by atoms with van der Waals surface area (Å²) < 4.78 is 27.8. The molecular weight excluding hydrogens is 396 g/mol. The molecule has 7 heteroatoms. The SMILES string of the molecule is Cc1ccc(N(CC(O)CN2CCCCC2)S(=O)(=O)c2ccccc2)cc1.Cl. The Balaban J connectivity index is 0.00000280. The van der Waals surface area contributed by atoms with Crippen molar-refractivity contribution in [2.75, 3.05) is 30.5 Å². The van der Waals surface area contributed by atoms with Crippen LogP contribution in [0.2, 0.25) is 0 Å². The summed E-state index contributed by atoms with van der Waals surface area (Å²) in [5.41, 5.74) is 1.63. The minimum atomic E-state index is -3.75. The molecule has 1 unspecified atom stereocenters. The molecule has 1 saturated heterocycles. The number of aliphatic hydroxyl groups excluding tert-OH is 1. The third-order valence-corrected chi connectivity index (χ3v) is 6.76. The van der Waals surface area contributed by atoms with E-state index in [1.54, 1.807) is 42.5 Å². The second kappa shape index (κ2) is 10.3. The molecule has 2 aromatic rings. The molecule has 0 spiro atoms. The fraction of sp³-hybridized carbons (Fsp3) is 0.429. The van der Waals surface area contributed by atoms with Crippen molar-refractivity contribution in [2.45, 2.75) is 37.2 Å². The summed E-state index contributed by atoms with van der Waals surface area (Å²) in [5, 5.41) is 10.7. The topological polar surface area (TPSA) is 60.9 Å². The molecule has 0 radical (unpaired) electrons. The van der Waals surface area contributed by atoms with Crippen LogP contribution < -0.4 is 4.31 Å². The van der Waals surface area contributed by atoms with Crippen LogP contribution in [0.1, 0.15) is 24.8 Å². The van der Waals surface area contributed by atoms with E-state index in [0.717, 1.165) is 31.5 Å². The van der Waals surface area contributed by atoms with Gasteiger partial charge in [0.25, 0.3) is 10.0 Å². The van der Waals surface area contributed by atoms with Crippen LogP contribution in [0.5, 0.6) is 0 Å². The average Bonchev–Trinajstić information content (AvgIpc) is 2.68. The van der Waals surface area contributed by atoms with E-state index in [-0.39, 0.29) is 23.8 Å². The number of halogens is 1. The van der Waals surface area contributed by atoms with Crippen LogP contribution in [0.3, 0.4) is 0 Å². The number of aliphatic hydroxyl groups is 1. The maximum absolute atomic E-state index is 13.2. The molecule has 1 fully saturated rings. The molecule has 0 saturated carbocycles. The Bertz CT molecular complexity index is 822. The van der Waals surface area contributed by atoms with E-state index in [0.29, 0.717) is 12.2 Å². The second-order valence-corrected chi connectivity index (χ2v) is 9.06. The zero-order valence-electron chi connectivity index (χ0n) is 16.2. The van der Waals surface area contributed by atoms with Gasteiger partial charge < -0.3 is 10.0 Å². The Morgan fingerprint density at radius 3 is 2.21 bits per heavy atom. The van der Waals surface area contributed by atoms with Crippen molar-refractivity contribution < 1.29 is 13.5 Å². The first kappa shape index (κ1) is 22.7. The van der Waals surface area contributed by atoms with Crippen molar-refractivity contribution in [3.63, 3.8) is 0 Å². The molecule has 1 aliphatic rings. The number of rotatable bonds is 7. The van der Waals surface area contributed by atoms with Crippen LogP contribution in [0.15, 0.2) is 59.5 Å². The Labute approximate surface area is 174 Å². The molecule has 0 aromatic heterocycles. The highest BCUT2D eigenvalue weighted by molar-refractivity contribution is 7.92. The number of aryl methyl sites for hydroxylation is 1. The molecule has 1 N–H and O–H groups in total. The highest BCUT2D eigenvalue weighted by atomic mass is 35.5. The molecule has 5 nitrogen and oxygen atoms in total.